The van der Waals surface area contributed by atoms with Gasteiger partial charge in [-0.25, -0.2) is 0 Å². The van der Waals surface area contributed by atoms with E-state index < -0.39 is 0 Å². The summed E-state index contributed by atoms with van der Waals surface area (Å²) < 4.78 is 6.07. The van der Waals surface area contributed by atoms with E-state index in [0.717, 1.165) is 37.4 Å². The van der Waals surface area contributed by atoms with Gasteiger partial charge in [-0.1, -0.05) is 25.1 Å². The Balaban J connectivity index is 1.62. The van der Waals surface area contributed by atoms with Gasteiger partial charge in [-0.2, -0.15) is 0 Å². The van der Waals surface area contributed by atoms with Crippen molar-refractivity contribution >= 4 is 0 Å². The highest BCUT2D eigenvalue weighted by Gasteiger charge is 2.34. The third-order valence-corrected chi connectivity index (χ3v) is 5.58. The first kappa shape index (κ1) is 18.7. The van der Waals surface area contributed by atoms with Crippen LogP contribution in [0.1, 0.15) is 31.7 Å². The molecule has 140 valence electrons. The molecule has 1 aromatic rings. The van der Waals surface area contributed by atoms with E-state index in [1.54, 1.807) is 0 Å². The maximum Gasteiger partial charge on any atom is 0.123 e. The van der Waals surface area contributed by atoms with Crippen molar-refractivity contribution in [2.75, 3.05) is 53.4 Å². The minimum Gasteiger partial charge on any atom is -0.492 e. The average Bonchev–Trinajstić information content (AvgIpc) is 2.87. The number of fused-ring (bicyclic) bond motifs is 4. The number of benzene rings is 1. The summed E-state index contributed by atoms with van der Waals surface area (Å²) >= 11 is 0. The zero-order valence-electron chi connectivity index (χ0n) is 16.3. The summed E-state index contributed by atoms with van der Waals surface area (Å²) in [6, 6.07) is 9.34. The van der Waals surface area contributed by atoms with E-state index in [4.69, 9.17) is 4.74 Å². The van der Waals surface area contributed by atoms with E-state index in [0.29, 0.717) is 0 Å². The van der Waals surface area contributed by atoms with Crippen LogP contribution in [0.3, 0.4) is 0 Å². The number of ether oxygens (including phenoxy) is 1. The summed E-state index contributed by atoms with van der Waals surface area (Å²) in [7, 11) is 4.18. The van der Waals surface area contributed by atoms with E-state index in [9.17, 15) is 0 Å². The van der Waals surface area contributed by atoms with E-state index in [1.807, 2.05) is 0 Å². The molecule has 4 heteroatoms. The predicted octanol–water partition coefficient (Wildman–Crippen LogP) is 2.93. The molecule has 0 N–H and O–H groups in total. The molecule has 3 fully saturated rings. The fourth-order valence-electron chi connectivity index (χ4n) is 4.32. The Morgan fingerprint density at radius 3 is 2.76 bits per heavy atom. The molecule has 3 aliphatic rings. The van der Waals surface area contributed by atoms with Crippen molar-refractivity contribution in [2.45, 2.75) is 38.8 Å². The van der Waals surface area contributed by atoms with Crippen molar-refractivity contribution in [3.05, 3.63) is 29.8 Å². The minimum absolute atomic E-state index is 0.750. The van der Waals surface area contributed by atoms with Crippen molar-refractivity contribution in [1.29, 1.82) is 0 Å². The molecule has 3 saturated heterocycles. The normalized spacial score (nSPS) is 24.6. The van der Waals surface area contributed by atoms with Gasteiger partial charge in [-0.05, 0) is 51.9 Å². The smallest absolute Gasteiger partial charge is 0.123 e. The molecule has 0 aromatic heterocycles. The Labute approximate surface area is 153 Å². The van der Waals surface area contributed by atoms with Gasteiger partial charge in [0.15, 0.2) is 0 Å². The van der Waals surface area contributed by atoms with Crippen LogP contribution < -0.4 is 4.74 Å². The van der Waals surface area contributed by atoms with Crippen LogP contribution in [0.15, 0.2) is 24.3 Å². The Hall–Kier alpha value is -1.10. The van der Waals surface area contributed by atoms with Gasteiger partial charge in [0.25, 0.3) is 0 Å². The second-order valence-corrected chi connectivity index (χ2v) is 8.05. The SMILES string of the molecule is CCCN1C[C@H]2CC[C@@H]1CN(Cc1ccccc1OCCN(C)C)C2. The summed E-state index contributed by atoms with van der Waals surface area (Å²) in [5, 5.41) is 0. The highest BCUT2D eigenvalue weighted by Crippen LogP contribution is 2.30. The highest BCUT2D eigenvalue weighted by atomic mass is 16.5. The Bertz CT molecular complexity index is 534. The first-order chi connectivity index (χ1) is 12.2. The van der Waals surface area contributed by atoms with Gasteiger partial charge in [0.05, 0.1) is 0 Å². The van der Waals surface area contributed by atoms with Gasteiger partial charge in [-0.15, -0.1) is 0 Å². The van der Waals surface area contributed by atoms with Gasteiger partial charge >= 0.3 is 0 Å². The van der Waals surface area contributed by atoms with E-state index in [2.05, 4.69) is 60.0 Å². The molecule has 4 rings (SSSR count). The van der Waals surface area contributed by atoms with E-state index in [1.165, 1.54) is 51.0 Å². The summed E-state index contributed by atoms with van der Waals surface area (Å²) in [6.45, 7) is 10.0. The third kappa shape index (κ3) is 5.19. The molecule has 1 aromatic carbocycles. The maximum atomic E-state index is 6.07. The van der Waals surface area contributed by atoms with Crippen LogP contribution in [0.4, 0.5) is 0 Å². The van der Waals surface area contributed by atoms with Gasteiger partial charge in [0.2, 0.25) is 0 Å². The molecule has 4 nitrogen and oxygen atoms in total. The van der Waals surface area contributed by atoms with E-state index in [-0.39, 0.29) is 0 Å². The lowest BCUT2D eigenvalue weighted by Gasteiger charge is -2.35. The van der Waals surface area contributed by atoms with Crippen LogP contribution in [0.25, 0.3) is 0 Å². The molecule has 2 bridgehead atoms. The standard InChI is InChI=1S/C21H35N3O/c1-4-11-24-15-18-9-10-20(24)17-23(14-18)16-19-7-5-6-8-21(19)25-13-12-22(2)3/h5-8,18,20H,4,9-17H2,1-3H3/t18-,20+/m0/s1. The van der Waals surface area contributed by atoms with Crippen molar-refractivity contribution in [2.24, 2.45) is 5.92 Å². The second kappa shape index (κ2) is 9.02. The number of hydrogen-bond donors (Lipinski definition) is 0. The Morgan fingerprint density at radius 2 is 1.96 bits per heavy atom. The number of hydrogen-bond acceptors (Lipinski definition) is 4. The lowest BCUT2D eigenvalue weighted by Crippen LogP contribution is -2.44. The quantitative estimate of drug-likeness (QED) is 0.721. The second-order valence-electron chi connectivity index (χ2n) is 8.05. The molecule has 3 heterocycles. The molecule has 25 heavy (non-hydrogen) atoms. The molecule has 0 aliphatic carbocycles. The van der Waals surface area contributed by atoms with Gasteiger partial charge in [-0.3, -0.25) is 9.80 Å². The molecule has 0 saturated carbocycles. The van der Waals surface area contributed by atoms with Crippen molar-refractivity contribution in [3.8, 4) is 5.75 Å². The van der Waals surface area contributed by atoms with Crippen molar-refractivity contribution < 1.29 is 4.74 Å². The van der Waals surface area contributed by atoms with Crippen molar-refractivity contribution in [3.63, 3.8) is 0 Å². The number of piperidine rings is 1. The minimum atomic E-state index is 0.750. The lowest BCUT2D eigenvalue weighted by atomic mass is 9.95. The summed E-state index contributed by atoms with van der Waals surface area (Å²) in [5.41, 5.74) is 1.34. The molecule has 2 atom stereocenters. The number of para-hydroxylation sites is 1. The maximum absolute atomic E-state index is 6.07. The summed E-state index contributed by atoms with van der Waals surface area (Å²) in [6.07, 6.45) is 4.05. The number of nitrogens with zero attached hydrogens (tertiary/aromatic N) is 3. The lowest BCUT2D eigenvalue weighted by molar-refractivity contribution is 0.131. The summed E-state index contributed by atoms with van der Waals surface area (Å²) in [5.74, 6) is 1.90. The average molecular weight is 346 g/mol. The Kier molecular flexibility index (Phi) is 6.74. The molecular weight excluding hydrogens is 310 g/mol. The first-order valence-corrected chi connectivity index (χ1v) is 9.97. The zero-order valence-corrected chi connectivity index (χ0v) is 16.3. The van der Waals surface area contributed by atoms with Crippen LogP contribution >= 0.6 is 0 Å². The van der Waals surface area contributed by atoms with Gasteiger partial charge in [0.1, 0.15) is 12.4 Å². The number of rotatable bonds is 8. The fraction of sp³-hybridized carbons (Fsp3) is 0.714. The van der Waals surface area contributed by atoms with Crippen LogP contribution in [-0.2, 0) is 6.54 Å². The fourth-order valence-corrected chi connectivity index (χ4v) is 4.32. The largest absolute Gasteiger partial charge is 0.492 e. The molecule has 0 unspecified atom stereocenters. The van der Waals surface area contributed by atoms with Crippen molar-refractivity contribution in [1.82, 2.24) is 14.7 Å². The predicted molar refractivity (Wildman–Crippen MR) is 104 cm³/mol. The Morgan fingerprint density at radius 1 is 1.12 bits per heavy atom. The van der Waals surface area contributed by atoms with Gasteiger partial charge in [0, 0.05) is 44.3 Å². The molecule has 0 radical (unpaired) electrons. The van der Waals surface area contributed by atoms with Crippen LogP contribution in [0, 0.1) is 5.92 Å². The zero-order chi connectivity index (χ0) is 17.6. The number of likely N-dealkylation sites (N-methyl/N-ethyl adjacent to an activating group) is 1. The molecule has 3 aliphatic heterocycles. The topological polar surface area (TPSA) is 19.0 Å². The third-order valence-electron chi connectivity index (χ3n) is 5.58. The van der Waals surface area contributed by atoms with E-state index >= 15 is 0 Å². The molecular formula is C21H35N3O. The highest BCUT2D eigenvalue weighted by molar-refractivity contribution is 5.33. The monoisotopic (exact) mass is 345 g/mol. The molecule has 0 spiro atoms. The van der Waals surface area contributed by atoms with Gasteiger partial charge < -0.3 is 9.64 Å². The van der Waals surface area contributed by atoms with Crippen LogP contribution in [0.2, 0.25) is 0 Å². The van der Waals surface area contributed by atoms with Crippen LogP contribution in [-0.4, -0.2) is 74.2 Å². The summed E-state index contributed by atoms with van der Waals surface area (Å²) in [4.78, 5) is 7.58. The molecule has 0 amide bonds. The first-order valence-electron chi connectivity index (χ1n) is 9.97. The van der Waals surface area contributed by atoms with Crippen LogP contribution in [0.5, 0.6) is 5.75 Å².